The summed E-state index contributed by atoms with van der Waals surface area (Å²) in [6.45, 7) is 2.77. The number of rotatable bonds is 8. The van der Waals surface area contributed by atoms with Crippen LogP contribution in [0, 0.1) is 6.92 Å². The minimum atomic E-state index is -0.311. The lowest BCUT2D eigenvalue weighted by molar-refractivity contribution is 0.102. The molecule has 8 heteroatoms. The van der Waals surface area contributed by atoms with E-state index in [4.69, 9.17) is 14.0 Å². The minimum Gasteiger partial charge on any atom is -0.497 e. The summed E-state index contributed by atoms with van der Waals surface area (Å²) in [6.07, 6.45) is 3.13. The van der Waals surface area contributed by atoms with Gasteiger partial charge in [-0.3, -0.25) is 9.78 Å². The number of aryl methyl sites for hydroxylation is 1. The van der Waals surface area contributed by atoms with Gasteiger partial charge in [-0.25, -0.2) is 0 Å². The molecular weight excluding hydrogens is 348 g/mol. The van der Waals surface area contributed by atoms with E-state index in [2.05, 4.69) is 20.8 Å². The molecule has 3 rings (SSSR count). The standard InChI is InChI=1S/C19H20N4O4/c1-13-9-18(23-27-13)22-19(24)14-10-15(12-20-11-14)21-7-8-26-17-5-3-16(25-2)4-6-17/h3-6,9-12,21H,7-8H2,1-2H3,(H,22,23,24). The number of anilines is 2. The van der Waals surface area contributed by atoms with E-state index in [-0.39, 0.29) is 5.91 Å². The van der Waals surface area contributed by atoms with E-state index in [1.807, 2.05) is 24.3 Å². The normalized spacial score (nSPS) is 10.3. The molecule has 27 heavy (non-hydrogen) atoms. The van der Waals surface area contributed by atoms with Crippen LogP contribution in [0.15, 0.2) is 53.3 Å². The van der Waals surface area contributed by atoms with Crippen molar-refractivity contribution in [2.45, 2.75) is 6.92 Å². The first-order valence-corrected chi connectivity index (χ1v) is 8.34. The van der Waals surface area contributed by atoms with E-state index in [1.54, 1.807) is 32.4 Å². The first-order valence-electron chi connectivity index (χ1n) is 8.34. The first kappa shape index (κ1) is 18.2. The van der Waals surface area contributed by atoms with Gasteiger partial charge in [0.2, 0.25) is 0 Å². The van der Waals surface area contributed by atoms with Crippen LogP contribution in [0.2, 0.25) is 0 Å². The third kappa shape index (κ3) is 5.21. The highest BCUT2D eigenvalue weighted by molar-refractivity contribution is 6.04. The average Bonchev–Trinajstić information content (AvgIpc) is 3.10. The summed E-state index contributed by atoms with van der Waals surface area (Å²) in [4.78, 5) is 16.3. The highest BCUT2D eigenvalue weighted by Gasteiger charge is 2.10. The van der Waals surface area contributed by atoms with E-state index in [9.17, 15) is 4.79 Å². The SMILES string of the molecule is COc1ccc(OCCNc2cncc(C(=O)Nc3cc(C)on3)c2)cc1. The van der Waals surface area contributed by atoms with Crippen LogP contribution in [-0.2, 0) is 0 Å². The van der Waals surface area contributed by atoms with Crippen molar-refractivity contribution < 1.29 is 18.8 Å². The Bertz CT molecular complexity index is 893. The van der Waals surface area contributed by atoms with E-state index in [0.717, 1.165) is 17.2 Å². The van der Waals surface area contributed by atoms with Crippen LogP contribution in [0.3, 0.4) is 0 Å². The van der Waals surface area contributed by atoms with E-state index < -0.39 is 0 Å². The number of nitrogens with one attached hydrogen (secondary N) is 2. The number of benzene rings is 1. The molecule has 3 aromatic rings. The van der Waals surface area contributed by atoms with Gasteiger partial charge in [-0.15, -0.1) is 0 Å². The zero-order valence-corrected chi connectivity index (χ0v) is 15.1. The van der Waals surface area contributed by atoms with Gasteiger partial charge in [0.05, 0.1) is 18.4 Å². The van der Waals surface area contributed by atoms with Crippen molar-refractivity contribution in [2.24, 2.45) is 0 Å². The number of carbonyl (C=O) groups is 1. The quantitative estimate of drug-likeness (QED) is 0.589. The molecule has 0 atom stereocenters. The molecule has 0 aliphatic heterocycles. The van der Waals surface area contributed by atoms with Gasteiger partial charge >= 0.3 is 0 Å². The molecule has 1 amide bonds. The highest BCUT2D eigenvalue weighted by atomic mass is 16.5. The Morgan fingerprint density at radius 2 is 1.93 bits per heavy atom. The molecule has 0 aliphatic rings. The van der Waals surface area contributed by atoms with Gasteiger partial charge in [-0.1, -0.05) is 5.16 Å². The lowest BCUT2D eigenvalue weighted by atomic mass is 10.2. The molecule has 0 unspecified atom stereocenters. The summed E-state index contributed by atoms with van der Waals surface area (Å²) in [5.74, 6) is 2.21. The third-order valence-corrected chi connectivity index (χ3v) is 3.63. The molecule has 0 spiro atoms. The van der Waals surface area contributed by atoms with Crippen LogP contribution in [0.25, 0.3) is 0 Å². The average molecular weight is 368 g/mol. The van der Waals surface area contributed by atoms with Crippen LogP contribution in [-0.4, -0.2) is 36.3 Å². The topological polar surface area (TPSA) is 98.5 Å². The second-order valence-electron chi connectivity index (χ2n) is 5.69. The fraction of sp³-hybridized carbons (Fsp3) is 0.211. The Hall–Kier alpha value is -3.55. The number of amides is 1. The van der Waals surface area contributed by atoms with Crippen LogP contribution in [0.4, 0.5) is 11.5 Å². The first-order chi connectivity index (χ1) is 13.1. The lowest BCUT2D eigenvalue weighted by Gasteiger charge is -2.10. The van der Waals surface area contributed by atoms with Crippen LogP contribution >= 0.6 is 0 Å². The van der Waals surface area contributed by atoms with Crippen molar-refractivity contribution in [3.8, 4) is 11.5 Å². The summed E-state index contributed by atoms with van der Waals surface area (Å²) >= 11 is 0. The Labute approximate surface area is 156 Å². The van der Waals surface area contributed by atoms with E-state index >= 15 is 0 Å². The summed E-state index contributed by atoms with van der Waals surface area (Å²) in [5, 5.41) is 9.57. The van der Waals surface area contributed by atoms with Gasteiger partial charge < -0.3 is 24.6 Å². The van der Waals surface area contributed by atoms with Crippen LogP contribution < -0.4 is 20.1 Å². The van der Waals surface area contributed by atoms with Crippen LogP contribution in [0.1, 0.15) is 16.1 Å². The Morgan fingerprint density at radius 3 is 2.63 bits per heavy atom. The highest BCUT2D eigenvalue weighted by Crippen LogP contribution is 2.17. The van der Waals surface area contributed by atoms with E-state index in [1.165, 1.54) is 6.20 Å². The second kappa shape index (κ2) is 8.70. The van der Waals surface area contributed by atoms with Crippen molar-refractivity contribution in [2.75, 3.05) is 30.9 Å². The fourth-order valence-electron chi connectivity index (χ4n) is 2.31. The van der Waals surface area contributed by atoms with E-state index in [0.29, 0.717) is 30.3 Å². The van der Waals surface area contributed by atoms with Gasteiger partial charge in [0.15, 0.2) is 5.82 Å². The largest absolute Gasteiger partial charge is 0.497 e. The molecule has 0 saturated carbocycles. The maximum absolute atomic E-state index is 12.2. The smallest absolute Gasteiger partial charge is 0.258 e. The van der Waals surface area contributed by atoms with Crippen molar-refractivity contribution >= 4 is 17.4 Å². The molecule has 0 bridgehead atoms. The number of nitrogens with zero attached hydrogens (tertiary/aromatic N) is 2. The third-order valence-electron chi connectivity index (χ3n) is 3.63. The number of aromatic nitrogens is 2. The molecule has 0 aliphatic carbocycles. The molecule has 2 N–H and O–H groups in total. The minimum absolute atomic E-state index is 0.311. The van der Waals surface area contributed by atoms with Crippen molar-refractivity contribution in [3.63, 3.8) is 0 Å². The van der Waals surface area contributed by atoms with Crippen molar-refractivity contribution in [3.05, 3.63) is 60.1 Å². The number of carbonyl (C=O) groups excluding carboxylic acids is 1. The summed E-state index contributed by atoms with van der Waals surface area (Å²) < 4.78 is 15.7. The second-order valence-corrected chi connectivity index (χ2v) is 5.69. The number of hydrogen-bond donors (Lipinski definition) is 2. The number of methoxy groups -OCH3 is 1. The Balaban J connectivity index is 1.49. The maximum Gasteiger partial charge on any atom is 0.258 e. The van der Waals surface area contributed by atoms with Crippen molar-refractivity contribution in [1.29, 1.82) is 0 Å². The molecule has 2 heterocycles. The molecule has 2 aromatic heterocycles. The molecule has 8 nitrogen and oxygen atoms in total. The van der Waals surface area contributed by atoms with Gasteiger partial charge in [0.1, 0.15) is 23.9 Å². The van der Waals surface area contributed by atoms with Gasteiger partial charge in [0, 0.05) is 25.0 Å². The molecule has 140 valence electrons. The van der Waals surface area contributed by atoms with Gasteiger partial charge in [0.25, 0.3) is 5.91 Å². The van der Waals surface area contributed by atoms with Crippen LogP contribution in [0.5, 0.6) is 11.5 Å². The van der Waals surface area contributed by atoms with Gasteiger partial charge in [-0.2, -0.15) is 0 Å². The molecule has 0 radical (unpaired) electrons. The summed E-state index contributed by atoms with van der Waals surface area (Å²) in [5.41, 5.74) is 1.13. The van der Waals surface area contributed by atoms with Crippen molar-refractivity contribution in [1.82, 2.24) is 10.1 Å². The fourth-order valence-corrected chi connectivity index (χ4v) is 2.31. The summed E-state index contributed by atoms with van der Waals surface area (Å²) in [7, 11) is 1.62. The molecule has 0 fully saturated rings. The zero-order valence-electron chi connectivity index (χ0n) is 15.1. The van der Waals surface area contributed by atoms with Gasteiger partial charge in [-0.05, 0) is 37.3 Å². The maximum atomic E-state index is 12.2. The number of ether oxygens (including phenoxy) is 2. The predicted molar refractivity (Wildman–Crippen MR) is 100 cm³/mol. The number of pyridine rings is 1. The molecule has 1 aromatic carbocycles. The summed E-state index contributed by atoms with van der Waals surface area (Å²) in [6, 6.07) is 10.7. The Morgan fingerprint density at radius 1 is 1.15 bits per heavy atom. The lowest BCUT2D eigenvalue weighted by Crippen LogP contribution is -2.14. The zero-order chi connectivity index (χ0) is 19.1. The predicted octanol–water partition coefficient (Wildman–Crippen LogP) is 3.13. The molecular formula is C19H20N4O4. The molecule has 0 saturated heterocycles. The monoisotopic (exact) mass is 368 g/mol. The Kier molecular flexibility index (Phi) is 5.88. The number of hydrogen-bond acceptors (Lipinski definition) is 7.